The van der Waals surface area contributed by atoms with Crippen LogP contribution in [0.25, 0.3) is 10.9 Å². The van der Waals surface area contributed by atoms with Crippen LogP contribution in [0.3, 0.4) is 0 Å². The molecule has 148 valence electrons. The Morgan fingerprint density at radius 2 is 2.03 bits per heavy atom. The van der Waals surface area contributed by atoms with E-state index in [2.05, 4.69) is 35.4 Å². The standard InChI is InChI=1S/C24H23ClN2O2/c1-2-16-6-4-10-20-22(15-27-24(16)20)21(17-7-3-8-18(25)12-17)13-23(28)26-14-19-9-5-11-29-19/h3-12,15,21,27H,2,13-14H2,1H3,(H,26,28). The number of amides is 1. The summed E-state index contributed by atoms with van der Waals surface area (Å²) in [5, 5.41) is 4.77. The zero-order valence-corrected chi connectivity index (χ0v) is 17.0. The van der Waals surface area contributed by atoms with Crippen LogP contribution in [0.15, 0.2) is 71.5 Å². The summed E-state index contributed by atoms with van der Waals surface area (Å²) < 4.78 is 5.31. The third kappa shape index (κ3) is 4.22. The summed E-state index contributed by atoms with van der Waals surface area (Å²) >= 11 is 6.26. The number of aromatic amines is 1. The maximum absolute atomic E-state index is 12.8. The van der Waals surface area contributed by atoms with E-state index in [0.29, 0.717) is 18.0 Å². The molecule has 1 unspecified atom stereocenters. The van der Waals surface area contributed by atoms with Gasteiger partial charge in [0.1, 0.15) is 5.76 Å². The molecule has 2 N–H and O–H groups in total. The summed E-state index contributed by atoms with van der Waals surface area (Å²) in [4.78, 5) is 16.2. The lowest BCUT2D eigenvalue weighted by Gasteiger charge is -2.17. The van der Waals surface area contributed by atoms with Crippen molar-refractivity contribution in [2.24, 2.45) is 0 Å². The molecule has 0 aliphatic carbocycles. The van der Waals surface area contributed by atoms with Crippen LogP contribution in [0, 0.1) is 0 Å². The number of carbonyl (C=O) groups excluding carboxylic acids is 1. The lowest BCUT2D eigenvalue weighted by atomic mass is 9.87. The normalized spacial score (nSPS) is 12.2. The smallest absolute Gasteiger partial charge is 0.221 e. The van der Waals surface area contributed by atoms with Gasteiger partial charge in [-0.3, -0.25) is 4.79 Å². The fraction of sp³-hybridized carbons (Fsp3) is 0.208. The summed E-state index contributed by atoms with van der Waals surface area (Å²) in [7, 11) is 0. The van der Waals surface area contributed by atoms with Crippen LogP contribution in [-0.4, -0.2) is 10.9 Å². The van der Waals surface area contributed by atoms with Crippen molar-refractivity contribution in [3.63, 3.8) is 0 Å². The van der Waals surface area contributed by atoms with Gasteiger partial charge in [0.2, 0.25) is 5.91 Å². The van der Waals surface area contributed by atoms with Gasteiger partial charge in [-0.05, 0) is 47.4 Å². The van der Waals surface area contributed by atoms with E-state index in [0.717, 1.165) is 34.2 Å². The number of aryl methyl sites for hydroxylation is 1. The molecule has 4 nitrogen and oxygen atoms in total. The van der Waals surface area contributed by atoms with E-state index in [1.54, 1.807) is 6.26 Å². The van der Waals surface area contributed by atoms with Crippen molar-refractivity contribution in [1.82, 2.24) is 10.3 Å². The van der Waals surface area contributed by atoms with Crippen LogP contribution in [-0.2, 0) is 17.8 Å². The van der Waals surface area contributed by atoms with Crippen molar-refractivity contribution in [3.8, 4) is 0 Å². The van der Waals surface area contributed by atoms with E-state index in [1.165, 1.54) is 5.56 Å². The number of carbonyl (C=O) groups is 1. The van der Waals surface area contributed by atoms with E-state index >= 15 is 0 Å². The third-order valence-electron chi connectivity index (χ3n) is 5.27. The quantitative estimate of drug-likeness (QED) is 0.406. The first kappa shape index (κ1) is 19.3. The lowest BCUT2D eigenvalue weighted by molar-refractivity contribution is -0.121. The number of rotatable bonds is 7. The van der Waals surface area contributed by atoms with E-state index in [4.69, 9.17) is 16.0 Å². The third-order valence-corrected chi connectivity index (χ3v) is 5.51. The zero-order chi connectivity index (χ0) is 20.2. The molecule has 1 atom stereocenters. The average Bonchev–Trinajstić information content (AvgIpc) is 3.40. The second-order valence-electron chi connectivity index (χ2n) is 7.11. The molecule has 1 amide bonds. The predicted molar refractivity (Wildman–Crippen MR) is 116 cm³/mol. The Kier molecular flexibility index (Phi) is 5.72. The molecule has 5 heteroatoms. The number of para-hydroxylation sites is 1. The molecule has 0 aliphatic rings. The van der Waals surface area contributed by atoms with Crippen molar-refractivity contribution in [1.29, 1.82) is 0 Å². The molecule has 2 heterocycles. The molecular weight excluding hydrogens is 384 g/mol. The van der Waals surface area contributed by atoms with Crippen LogP contribution < -0.4 is 5.32 Å². The van der Waals surface area contributed by atoms with Crippen LogP contribution in [0.1, 0.15) is 41.7 Å². The van der Waals surface area contributed by atoms with Crippen molar-refractivity contribution < 1.29 is 9.21 Å². The number of hydrogen-bond donors (Lipinski definition) is 2. The first-order valence-electron chi connectivity index (χ1n) is 9.79. The summed E-state index contributed by atoms with van der Waals surface area (Å²) in [6, 6.07) is 17.7. The van der Waals surface area contributed by atoms with Gasteiger partial charge in [0.05, 0.1) is 12.8 Å². The van der Waals surface area contributed by atoms with E-state index in [9.17, 15) is 4.79 Å². The second-order valence-corrected chi connectivity index (χ2v) is 7.54. The van der Waals surface area contributed by atoms with Crippen LogP contribution in [0.5, 0.6) is 0 Å². The van der Waals surface area contributed by atoms with Crippen molar-refractivity contribution in [3.05, 3.63) is 94.5 Å². The minimum Gasteiger partial charge on any atom is -0.467 e. The largest absolute Gasteiger partial charge is 0.467 e. The molecule has 0 aliphatic heterocycles. The Morgan fingerprint density at radius 1 is 1.17 bits per heavy atom. The first-order valence-corrected chi connectivity index (χ1v) is 10.2. The average molecular weight is 407 g/mol. The first-order chi connectivity index (χ1) is 14.2. The summed E-state index contributed by atoms with van der Waals surface area (Å²) in [5.41, 5.74) is 4.52. The van der Waals surface area contributed by atoms with Gasteiger partial charge < -0.3 is 14.7 Å². The molecule has 0 bridgehead atoms. The number of furan rings is 1. The minimum absolute atomic E-state index is 0.0348. The molecule has 0 saturated carbocycles. The van der Waals surface area contributed by atoms with Gasteiger partial charge in [0.15, 0.2) is 0 Å². The van der Waals surface area contributed by atoms with Crippen molar-refractivity contribution in [2.45, 2.75) is 32.2 Å². The molecule has 29 heavy (non-hydrogen) atoms. The fourth-order valence-corrected chi connectivity index (χ4v) is 4.01. The summed E-state index contributed by atoms with van der Waals surface area (Å²) in [6.07, 6.45) is 4.90. The SMILES string of the molecule is CCc1cccc2c(C(CC(=O)NCc3ccco3)c3cccc(Cl)c3)c[nH]c12. The second kappa shape index (κ2) is 8.58. The number of hydrogen-bond acceptors (Lipinski definition) is 2. The maximum atomic E-state index is 12.8. The zero-order valence-electron chi connectivity index (χ0n) is 16.2. The number of nitrogens with one attached hydrogen (secondary N) is 2. The number of aromatic nitrogens is 1. The van der Waals surface area contributed by atoms with Gasteiger partial charge >= 0.3 is 0 Å². The van der Waals surface area contributed by atoms with Crippen LogP contribution in [0.4, 0.5) is 0 Å². The maximum Gasteiger partial charge on any atom is 0.221 e. The number of benzene rings is 2. The monoisotopic (exact) mass is 406 g/mol. The Balaban J connectivity index is 1.67. The van der Waals surface area contributed by atoms with Gasteiger partial charge in [0, 0.05) is 34.5 Å². The topological polar surface area (TPSA) is 58.0 Å². The minimum atomic E-state index is -0.105. The highest BCUT2D eigenvalue weighted by Gasteiger charge is 2.22. The highest BCUT2D eigenvalue weighted by atomic mass is 35.5. The molecule has 4 aromatic rings. The van der Waals surface area contributed by atoms with E-state index in [1.807, 2.05) is 42.6 Å². The van der Waals surface area contributed by atoms with Gasteiger partial charge in [-0.25, -0.2) is 0 Å². The van der Waals surface area contributed by atoms with Gasteiger partial charge in [-0.15, -0.1) is 0 Å². The molecule has 0 saturated heterocycles. The number of H-pyrrole nitrogens is 1. The summed E-state index contributed by atoms with van der Waals surface area (Å²) in [6.45, 7) is 2.52. The Bertz CT molecular complexity index is 1120. The molecule has 2 aromatic carbocycles. The summed E-state index contributed by atoms with van der Waals surface area (Å²) in [5.74, 6) is 0.593. The van der Waals surface area contributed by atoms with Crippen molar-refractivity contribution in [2.75, 3.05) is 0 Å². The highest BCUT2D eigenvalue weighted by molar-refractivity contribution is 6.30. The molecule has 0 spiro atoms. The Labute approximate surface area is 174 Å². The Morgan fingerprint density at radius 3 is 2.79 bits per heavy atom. The predicted octanol–water partition coefficient (Wildman–Crippen LogP) is 5.82. The number of halogens is 1. The van der Waals surface area contributed by atoms with E-state index < -0.39 is 0 Å². The lowest BCUT2D eigenvalue weighted by Crippen LogP contribution is -2.24. The fourth-order valence-electron chi connectivity index (χ4n) is 3.81. The molecular formula is C24H23ClN2O2. The molecule has 0 fully saturated rings. The number of fused-ring (bicyclic) bond motifs is 1. The van der Waals surface area contributed by atoms with Gasteiger partial charge in [-0.1, -0.05) is 48.9 Å². The van der Waals surface area contributed by atoms with Crippen LogP contribution >= 0.6 is 11.6 Å². The van der Waals surface area contributed by atoms with Gasteiger partial charge in [-0.2, -0.15) is 0 Å². The van der Waals surface area contributed by atoms with E-state index in [-0.39, 0.29) is 11.8 Å². The molecule has 0 radical (unpaired) electrons. The Hall–Kier alpha value is -2.98. The molecule has 2 aromatic heterocycles. The van der Waals surface area contributed by atoms with Crippen molar-refractivity contribution >= 4 is 28.4 Å². The highest BCUT2D eigenvalue weighted by Crippen LogP contribution is 2.35. The molecule has 4 rings (SSSR count). The van der Waals surface area contributed by atoms with Gasteiger partial charge in [0.25, 0.3) is 0 Å². The van der Waals surface area contributed by atoms with Crippen LogP contribution in [0.2, 0.25) is 5.02 Å².